The minimum atomic E-state index is -0.133. The van der Waals surface area contributed by atoms with Crippen LogP contribution in [-0.4, -0.2) is 86.7 Å². The maximum absolute atomic E-state index is 12.9. The number of anilines is 1. The molecular weight excluding hydrogens is 368 g/mol. The summed E-state index contributed by atoms with van der Waals surface area (Å²) in [5.74, 6) is 0.0903. The number of benzene rings is 1. The van der Waals surface area contributed by atoms with Crippen LogP contribution in [0.2, 0.25) is 0 Å². The van der Waals surface area contributed by atoms with E-state index in [1.165, 1.54) is 11.3 Å². The van der Waals surface area contributed by atoms with Crippen molar-refractivity contribution in [1.29, 1.82) is 0 Å². The van der Waals surface area contributed by atoms with Gasteiger partial charge in [0, 0.05) is 45.0 Å². The van der Waals surface area contributed by atoms with Gasteiger partial charge in [0.25, 0.3) is 0 Å². The van der Waals surface area contributed by atoms with E-state index in [1.54, 1.807) is 6.08 Å². The van der Waals surface area contributed by atoms with E-state index in [4.69, 9.17) is 4.74 Å². The highest BCUT2D eigenvalue weighted by atomic mass is 16.5. The number of morpholine rings is 1. The second kappa shape index (κ2) is 8.97. The number of fused-ring (bicyclic) bond motifs is 3. The Bertz CT molecular complexity index is 762. The Morgan fingerprint density at radius 1 is 1.17 bits per heavy atom. The molecule has 3 aliphatic heterocycles. The van der Waals surface area contributed by atoms with Crippen LogP contribution in [0.3, 0.4) is 0 Å². The maximum Gasteiger partial charge on any atom is 0.236 e. The average molecular weight is 399 g/mol. The number of hydrogen-bond acceptors (Lipinski definition) is 5. The fourth-order valence-electron chi connectivity index (χ4n) is 4.67. The van der Waals surface area contributed by atoms with Crippen LogP contribution in [0, 0.1) is 5.92 Å². The van der Waals surface area contributed by atoms with E-state index >= 15 is 0 Å². The van der Waals surface area contributed by atoms with Crippen molar-refractivity contribution >= 4 is 17.5 Å². The molecule has 0 bridgehead atoms. The number of piperazine rings is 1. The van der Waals surface area contributed by atoms with Crippen molar-refractivity contribution < 1.29 is 14.3 Å². The number of carbonyl (C=O) groups excluding carboxylic acids is 2. The highest BCUT2D eigenvalue weighted by Crippen LogP contribution is 2.35. The smallest absolute Gasteiger partial charge is 0.236 e. The quantitative estimate of drug-likeness (QED) is 0.733. The van der Waals surface area contributed by atoms with Gasteiger partial charge in [0.1, 0.15) is 0 Å². The van der Waals surface area contributed by atoms with E-state index in [2.05, 4.69) is 39.9 Å². The lowest BCUT2D eigenvalue weighted by Crippen LogP contribution is -2.62. The summed E-state index contributed by atoms with van der Waals surface area (Å²) in [7, 11) is 0. The summed E-state index contributed by atoms with van der Waals surface area (Å²) >= 11 is 0. The van der Waals surface area contributed by atoms with E-state index in [1.807, 2.05) is 11.0 Å². The molecule has 156 valence electrons. The molecule has 2 amide bonds. The molecule has 2 fully saturated rings. The number of amides is 2. The zero-order valence-electron chi connectivity index (χ0n) is 16.9. The van der Waals surface area contributed by atoms with E-state index < -0.39 is 0 Å². The van der Waals surface area contributed by atoms with Gasteiger partial charge >= 0.3 is 0 Å². The first-order chi connectivity index (χ1) is 14.2. The fraction of sp³-hybridized carbons (Fsp3) is 0.545. The first-order valence-corrected chi connectivity index (χ1v) is 10.5. The highest BCUT2D eigenvalue weighted by Gasteiger charge is 2.41. The van der Waals surface area contributed by atoms with Crippen molar-refractivity contribution in [2.24, 2.45) is 5.92 Å². The largest absolute Gasteiger partial charge is 0.378 e. The molecule has 7 nitrogen and oxygen atoms in total. The van der Waals surface area contributed by atoms with Crippen LogP contribution in [0.25, 0.3) is 0 Å². The van der Waals surface area contributed by atoms with Crippen molar-refractivity contribution in [2.45, 2.75) is 12.5 Å². The molecule has 0 aromatic heterocycles. The van der Waals surface area contributed by atoms with Gasteiger partial charge < -0.3 is 19.9 Å². The number of rotatable bonds is 5. The molecule has 0 spiro atoms. The third-order valence-electron chi connectivity index (χ3n) is 6.19. The Morgan fingerprint density at radius 3 is 2.76 bits per heavy atom. The number of nitrogens with one attached hydrogen (secondary N) is 1. The predicted molar refractivity (Wildman–Crippen MR) is 112 cm³/mol. The number of nitrogens with zero attached hydrogens (tertiary/aromatic N) is 3. The van der Waals surface area contributed by atoms with E-state index in [9.17, 15) is 9.59 Å². The highest BCUT2D eigenvalue weighted by molar-refractivity contribution is 5.82. The summed E-state index contributed by atoms with van der Waals surface area (Å²) < 4.78 is 5.35. The van der Waals surface area contributed by atoms with Crippen LogP contribution in [0.1, 0.15) is 5.56 Å². The number of para-hydroxylation sites is 1. The lowest BCUT2D eigenvalue weighted by Gasteiger charge is -2.49. The molecular formula is C22H30N4O3. The van der Waals surface area contributed by atoms with E-state index in [-0.39, 0.29) is 23.8 Å². The van der Waals surface area contributed by atoms with Crippen molar-refractivity contribution in [3.05, 3.63) is 42.5 Å². The molecule has 2 atom stereocenters. The van der Waals surface area contributed by atoms with E-state index in [0.717, 1.165) is 26.1 Å². The van der Waals surface area contributed by atoms with Crippen LogP contribution in [0.5, 0.6) is 0 Å². The normalized spacial score (nSPS) is 24.4. The standard InChI is InChI=1S/C22H30N4O3/c1-2-7-23-22(28)18-14-17-5-3-4-6-19(17)26-9-8-24(15-20(18)26)16-21(27)25-10-12-29-13-11-25/h2-6,18,20H,1,7-16H2,(H,23,28)/t18-,20-/m0/s1. The molecule has 0 unspecified atom stereocenters. The third-order valence-corrected chi connectivity index (χ3v) is 6.19. The summed E-state index contributed by atoms with van der Waals surface area (Å²) in [4.78, 5) is 32.1. The molecule has 4 rings (SSSR count). The second-order valence-corrected chi connectivity index (χ2v) is 7.96. The summed E-state index contributed by atoms with van der Waals surface area (Å²) in [5, 5.41) is 2.98. The van der Waals surface area contributed by atoms with Crippen LogP contribution in [-0.2, 0) is 20.7 Å². The minimum Gasteiger partial charge on any atom is -0.378 e. The van der Waals surface area contributed by atoms with Gasteiger partial charge in [0.2, 0.25) is 11.8 Å². The van der Waals surface area contributed by atoms with Crippen molar-refractivity contribution in [3.63, 3.8) is 0 Å². The van der Waals surface area contributed by atoms with Crippen molar-refractivity contribution in [1.82, 2.24) is 15.1 Å². The van der Waals surface area contributed by atoms with Crippen LogP contribution >= 0.6 is 0 Å². The number of ether oxygens (including phenoxy) is 1. The zero-order chi connectivity index (χ0) is 20.2. The predicted octanol–water partition coefficient (Wildman–Crippen LogP) is 0.511. The Labute approximate surface area is 172 Å². The molecule has 2 saturated heterocycles. The Kier molecular flexibility index (Phi) is 6.16. The molecule has 1 N–H and O–H groups in total. The van der Waals surface area contributed by atoms with Gasteiger partial charge in [0.15, 0.2) is 0 Å². The van der Waals surface area contributed by atoms with Crippen LogP contribution < -0.4 is 10.2 Å². The molecule has 3 heterocycles. The van der Waals surface area contributed by atoms with E-state index in [0.29, 0.717) is 39.4 Å². The maximum atomic E-state index is 12.9. The Hall–Kier alpha value is -2.38. The van der Waals surface area contributed by atoms with Gasteiger partial charge in [0.05, 0.1) is 31.7 Å². The second-order valence-electron chi connectivity index (χ2n) is 7.96. The Morgan fingerprint density at radius 2 is 1.97 bits per heavy atom. The average Bonchev–Trinajstić information content (AvgIpc) is 2.77. The molecule has 0 aliphatic carbocycles. The minimum absolute atomic E-state index is 0.0655. The van der Waals surface area contributed by atoms with Gasteiger partial charge in [-0.15, -0.1) is 6.58 Å². The molecule has 7 heteroatoms. The summed E-state index contributed by atoms with van der Waals surface area (Å²) in [6.07, 6.45) is 2.44. The monoisotopic (exact) mass is 398 g/mol. The lowest BCUT2D eigenvalue weighted by molar-refractivity contribution is -0.136. The first kappa shape index (κ1) is 19.9. The summed E-state index contributed by atoms with van der Waals surface area (Å²) in [6, 6.07) is 8.43. The molecule has 0 radical (unpaired) electrons. The molecule has 1 aromatic carbocycles. The molecule has 1 aromatic rings. The zero-order valence-corrected chi connectivity index (χ0v) is 16.9. The SMILES string of the molecule is C=CCNC(=O)[C@H]1Cc2ccccc2N2CCN(CC(=O)N3CCOCC3)C[C@@H]12. The van der Waals surface area contributed by atoms with Crippen LogP contribution in [0.15, 0.2) is 36.9 Å². The van der Waals surface area contributed by atoms with Crippen molar-refractivity contribution in [2.75, 3.05) is 63.9 Å². The van der Waals surface area contributed by atoms with Crippen LogP contribution in [0.4, 0.5) is 5.69 Å². The number of carbonyl (C=O) groups is 2. The third kappa shape index (κ3) is 4.31. The first-order valence-electron chi connectivity index (χ1n) is 10.5. The van der Waals surface area contributed by atoms with Gasteiger partial charge in [-0.05, 0) is 18.1 Å². The van der Waals surface area contributed by atoms with Crippen molar-refractivity contribution in [3.8, 4) is 0 Å². The fourth-order valence-corrected chi connectivity index (χ4v) is 4.67. The molecule has 3 aliphatic rings. The van der Waals surface area contributed by atoms with Gasteiger partial charge in [-0.25, -0.2) is 0 Å². The summed E-state index contributed by atoms with van der Waals surface area (Å²) in [6.45, 7) is 9.52. The molecule has 29 heavy (non-hydrogen) atoms. The topological polar surface area (TPSA) is 65.1 Å². The summed E-state index contributed by atoms with van der Waals surface area (Å²) in [5.41, 5.74) is 2.45. The molecule has 0 saturated carbocycles. The Balaban J connectivity index is 1.49. The van der Waals surface area contributed by atoms with Gasteiger partial charge in [-0.2, -0.15) is 0 Å². The van der Waals surface area contributed by atoms with Gasteiger partial charge in [-0.1, -0.05) is 24.3 Å². The number of hydrogen-bond donors (Lipinski definition) is 1. The lowest BCUT2D eigenvalue weighted by atomic mass is 9.83. The van der Waals surface area contributed by atoms with Gasteiger partial charge in [-0.3, -0.25) is 14.5 Å².